The van der Waals surface area contributed by atoms with E-state index in [2.05, 4.69) is 41.0 Å². The molecule has 0 spiro atoms. The smallest absolute Gasteiger partial charge is 0.416 e. The maximum Gasteiger partial charge on any atom is 0.416 e. The van der Waals surface area contributed by atoms with E-state index in [1.54, 1.807) is 30.5 Å². The molecule has 0 aliphatic rings. The molecule has 9 N–H and O–H groups in total. The first-order valence-electron chi connectivity index (χ1n) is 17.3. The van der Waals surface area contributed by atoms with Crippen molar-refractivity contribution in [3.05, 3.63) is 93.2 Å². The first-order valence-corrected chi connectivity index (χ1v) is 17.3. The Labute approximate surface area is 302 Å². The van der Waals surface area contributed by atoms with Crippen LogP contribution in [0.4, 0.5) is 13.2 Å². The van der Waals surface area contributed by atoms with Crippen LogP contribution in [0, 0.1) is 0 Å². The van der Waals surface area contributed by atoms with Gasteiger partial charge in [0.2, 0.25) is 0 Å². The summed E-state index contributed by atoms with van der Waals surface area (Å²) in [5, 5.41) is 13.4. The maximum absolute atomic E-state index is 13.0. The van der Waals surface area contributed by atoms with Crippen LogP contribution in [0.2, 0.25) is 0 Å². The van der Waals surface area contributed by atoms with Gasteiger partial charge in [-0.15, -0.1) is 0 Å². The Bertz CT molecular complexity index is 1850. The number of nitrogens with two attached hydrogens (primary N) is 3. The van der Waals surface area contributed by atoms with Gasteiger partial charge in [0.1, 0.15) is 11.7 Å². The number of carboxylic acid groups (broad SMARTS) is 1. The lowest BCUT2D eigenvalue weighted by molar-refractivity contribution is -0.140. The number of aliphatic carboxylic acids is 1. The van der Waals surface area contributed by atoms with Gasteiger partial charge in [-0.05, 0) is 91.6 Å². The van der Waals surface area contributed by atoms with Crippen LogP contribution >= 0.6 is 0 Å². The lowest BCUT2D eigenvalue weighted by Crippen LogP contribution is -2.30. The molecule has 2 atom stereocenters. The number of alkyl halides is 3. The van der Waals surface area contributed by atoms with Crippen molar-refractivity contribution >= 4 is 23.0 Å². The van der Waals surface area contributed by atoms with E-state index in [0.717, 1.165) is 35.0 Å². The van der Waals surface area contributed by atoms with Gasteiger partial charge >= 0.3 is 17.8 Å². The topological polar surface area (TPSA) is 190 Å². The van der Waals surface area contributed by atoms with Crippen molar-refractivity contribution in [2.45, 2.75) is 103 Å². The summed E-state index contributed by atoms with van der Waals surface area (Å²) in [6.07, 6.45) is 0.297. The minimum absolute atomic E-state index is 0.00700. The van der Waals surface area contributed by atoms with Crippen LogP contribution in [0.25, 0.3) is 16.7 Å². The predicted octanol–water partition coefficient (Wildman–Crippen LogP) is 6.06. The molecule has 14 heteroatoms. The summed E-state index contributed by atoms with van der Waals surface area (Å²) in [7, 11) is 0. The third-order valence-corrected chi connectivity index (χ3v) is 8.36. The molecule has 0 radical (unpaired) electrons. The molecular formula is C38H53F3N8O3. The van der Waals surface area contributed by atoms with E-state index in [4.69, 9.17) is 17.2 Å². The van der Waals surface area contributed by atoms with Crippen LogP contribution in [-0.4, -0.2) is 50.7 Å². The number of guanidine groups is 1. The molecule has 0 amide bonds. The summed E-state index contributed by atoms with van der Waals surface area (Å²) < 4.78 is 40.3. The number of H-pyrrole nitrogens is 1. The number of carboxylic acids is 1. The number of halogens is 3. The molecule has 0 bridgehead atoms. The molecule has 4 rings (SSSR count). The Morgan fingerprint density at radius 3 is 2.15 bits per heavy atom. The molecule has 0 aliphatic heterocycles. The molecule has 2 aromatic heterocycles. The molecule has 0 fully saturated rings. The van der Waals surface area contributed by atoms with Crippen molar-refractivity contribution in [3.63, 3.8) is 0 Å². The summed E-state index contributed by atoms with van der Waals surface area (Å²) in [6.45, 7) is 14.8. The van der Waals surface area contributed by atoms with Crippen molar-refractivity contribution in [1.29, 1.82) is 0 Å². The number of hydrogen-bond donors (Lipinski definition) is 6. The molecule has 284 valence electrons. The monoisotopic (exact) mass is 726 g/mol. The first-order chi connectivity index (χ1) is 24.1. The summed E-state index contributed by atoms with van der Waals surface area (Å²) in [5.41, 5.74) is 19.0. The van der Waals surface area contributed by atoms with Gasteiger partial charge in [-0.3, -0.25) is 14.4 Å². The molecule has 0 saturated heterocycles. The largest absolute Gasteiger partial charge is 0.480 e. The van der Waals surface area contributed by atoms with E-state index in [0.29, 0.717) is 42.8 Å². The van der Waals surface area contributed by atoms with Crippen molar-refractivity contribution < 1.29 is 23.1 Å². The van der Waals surface area contributed by atoms with Crippen LogP contribution in [0.1, 0.15) is 102 Å². The lowest BCUT2D eigenvalue weighted by Gasteiger charge is -2.22. The average molecular weight is 727 g/mol. The number of hydrogen-bond acceptors (Lipinski definition) is 6. The zero-order valence-electron chi connectivity index (χ0n) is 31.1. The number of rotatable bonds is 12. The zero-order valence-corrected chi connectivity index (χ0v) is 31.1. The van der Waals surface area contributed by atoms with E-state index in [1.807, 2.05) is 39.8 Å². The standard InChI is InChI=1S/C22H29N7O3.C16H24F3N/c1-22(2,3)16-11-14-12-29(21(32)28-18(14)27-16)15-7-5-13(6-8-15)17(19(30)31)25-9-4-10-26-20(23)24;1-11(20)6-5-7-12-8-13(15(2,3)4)10-14(9-12)16(17,18)19/h5-8,11-12,17,25H,4,9-10H2,1-3H3,(H,30,31)(H4,23,24,26)(H,27,28,32);8-11H,5-7,20H2,1-4H3/t17-;11-/m10/s1. The highest BCUT2D eigenvalue weighted by molar-refractivity contribution is 5.77. The summed E-state index contributed by atoms with van der Waals surface area (Å²) in [5.74, 6) is -0.991. The Morgan fingerprint density at radius 1 is 0.981 bits per heavy atom. The number of nitrogens with one attached hydrogen (secondary N) is 2. The molecule has 2 heterocycles. The second kappa shape index (κ2) is 17.2. The van der Waals surface area contributed by atoms with Gasteiger partial charge < -0.3 is 32.6 Å². The van der Waals surface area contributed by atoms with Gasteiger partial charge in [0.25, 0.3) is 0 Å². The van der Waals surface area contributed by atoms with Crippen LogP contribution in [0.3, 0.4) is 0 Å². The van der Waals surface area contributed by atoms with Crippen molar-refractivity contribution in [2.24, 2.45) is 22.2 Å². The van der Waals surface area contributed by atoms with Gasteiger partial charge in [-0.2, -0.15) is 18.2 Å². The van der Waals surface area contributed by atoms with Crippen molar-refractivity contribution in [2.75, 3.05) is 13.1 Å². The SMILES string of the molecule is CC(C)(C)c1cc2cn(-c3ccc([C@@H](NCCCN=C(N)N)C(=O)O)cc3)c(=O)nc2[nH]1.C[C@H](N)CCCc1cc(C(C)(C)C)cc(C(F)(F)F)c1. The third-order valence-electron chi connectivity index (χ3n) is 8.36. The normalized spacial score (nSPS) is 13.3. The summed E-state index contributed by atoms with van der Waals surface area (Å²) in [6, 6.07) is 12.4. The minimum Gasteiger partial charge on any atom is -0.480 e. The summed E-state index contributed by atoms with van der Waals surface area (Å²) in [4.78, 5) is 35.5. The first kappa shape index (κ1) is 41.7. The highest BCUT2D eigenvalue weighted by Crippen LogP contribution is 2.34. The number of aromatic amines is 1. The Kier molecular flexibility index (Phi) is 13.8. The summed E-state index contributed by atoms with van der Waals surface area (Å²) >= 11 is 0. The minimum atomic E-state index is -4.29. The number of aliphatic imine (C=N–C) groups is 1. The fourth-order valence-corrected chi connectivity index (χ4v) is 5.35. The highest BCUT2D eigenvalue weighted by atomic mass is 19.4. The molecule has 2 aromatic carbocycles. The van der Waals surface area contributed by atoms with Crippen LogP contribution in [0.5, 0.6) is 0 Å². The Balaban J connectivity index is 0.000000314. The molecule has 0 aliphatic carbocycles. The van der Waals surface area contributed by atoms with E-state index in [1.165, 1.54) is 16.7 Å². The van der Waals surface area contributed by atoms with Gasteiger partial charge in [0, 0.05) is 35.3 Å². The van der Waals surface area contributed by atoms with Crippen LogP contribution in [-0.2, 0) is 28.2 Å². The zero-order chi connectivity index (χ0) is 39.0. The van der Waals surface area contributed by atoms with Gasteiger partial charge in [-0.25, -0.2) is 4.79 Å². The fourth-order valence-electron chi connectivity index (χ4n) is 5.35. The number of benzene rings is 2. The molecule has 4 aromatic rings. The number of nitrogens with zero attached hydrogens (tertiary/aromatic N) is 3. The van der Waals surface area contributed by atoms with E-state index < -0.39 is 29.4 Å². The van der Waals surface area contributed by atoms with Gasteiger partial charge in [0.05, 0.1) is 11.3 Å². The second-order valence-electron chi connectivity index (χ2n) is 15.1. The molecule has 11 nitrogen and oxygen atoms in total. The number of aromatic nitrogens is 3. The fraction of sp³-hybridized carbons (Fsp3) is 0.474. The molecule has 0 saturated carbocycles. The van der Waals surface area contributed by atoms with E-state index >= 15 is 0 Å². The number of aryl methyl sites for hydroxylation is 1. The maximum atomic E-state index is 13.0. The Hall–Kier alpha value is -4.69. The van der Waals surface area contributed by atoms with Crippen LogP contribution < -0.4 is 28.2 Å². The number of carbonyl (C=O) groups is 1. The second-order valence-corrected chi connectivity index (χ2v) is 15.1. The highest BCUT2D eigenvalue weighted by Gasteiger charge is 2.32. The van der Waals surface area contributed by atoms with Gasteiger partial charge in [0.15, 0.2) is 5.96 Å². The van der Waals surface area contributed by atoms with E-state index in [-0.39, 0.29) is 22.8 Å². The lowest BCUT2D eigenvalue weighted by atomic mass is 9.84. The quantitative estimate of drug-likeness (QED) is 0.0577. The van der Waals surface area contributed by atoms with Crippen molar-refractivity contribution in [3.8, 4) is 5.69 Å². The van der Waals surface area contributed by atoms with Gasteiger partial charge in [-0.1, -0.05) is 59.7 Å². The third kappa shape index (κ3) is 12.2. The predicted molar refractivity (Wildman–Crippen MR) is 201 cm³/mol. The number of fused-ring (bicyclic) bond motifs is 1. The molecule has 52 heavy (non-hydrogen) atoms. The van der Waals surface area contributed by atoms with Crippen molar-refractivity contribution in [1.82, 2.24) is 19.9 Å². The molecular weight excluding hydrogens is 673 g/mol. The van der Waals surface area contributed by atoms with E-state index in [9.17, 15) is 27.9 Å². The molecule has 0 unspecified atom stereocenters. The Morgan fingerprint density at radius 2 is 1.62 bits per heavy atom. The van der Waals surface area contributed by atoms with Crippen LogP contribution in [0.15, 0.2) is 64.5 Å². The average Bonchev–Trinajstić information content (AvgIpc) is 3.45.